The topological polar surface area (TPSA) is 59.3 Å². The van der Waals surface area contributed by atoms with E-state index in [0.717, 1.165) is 5.56 Å². The molecule has 0 radical (unpaired) electrons. The van der Waals surface area contributed by atoms with E-state index in [2.05, 4.69) is 10.8 Å². The van der Waals surface area contributed by atoms with E-state index in [9.17, 15) is 10.1 Å². The van der Waals surface area contributed by atoms with E-state index in [4.69, 9.17) is 27.9 Å². The number of carbonyl (C=O) groups is 1. The fourth-order valence-corrected chi connectivity index (χ4v) is 2.17. The first kappa shape index (κ1) is 17.9. The molecule has 24 heavy (non-hydrogen) atoms. The Balaban J connectivity index is 2.17. The van der Waals surface area contributed by atoms with Gasteiger partial charge in [-0.05, 0) is 41.5 Å². The first-order valence-electron chi connectivity index (χ1n) is 6.90. The summed E-state index contributed by atoms with van der Waals surface area (Å²) in [6.07, 6.45) is 1.73. The van der Waals surface area contributed by atoms with E-state index in [1.807, 2.05) is 0 Å². The van der Waals surface area contributed by atoms with Crippen molar-refractivity contribution < 1.29 is 14.3 Å². The van der Waals surface area contributed by atoms with Crippen LogP contribution in [0.1, 0.15) is 11.1 Å². The number of methoxy groups -OCH3 is 1. The number of halogens is 2. The maximum atomic E-state index is 11.0. The summed E-state index contributed by atoms with van der Waals surface area (Å²) >= 11 is 11.9. The molecule has 4 nitrogen and oxygen atoms in total. The lowest BCUT2D eigenvalue weighted by molar-refractivity contribution is -0.142. The molecule has 0 fully saturated rings. The Morgan fingerprint density at radius 2 is 1.88 bits per heavy atom. The number of hydrogen-bond donors (Lipinski definition) is 0. The van der Waals surface area contributed by atoms with E-state index in [0.29, 0.717) is 26.9 Å². The summed E-state index contributed by atoms with van der Waals surface area (Å²) in [6.45, 7) is -0.154. The molecule has 0 aliphatic heterocycles. The van der Waals surface area contributed by atoms with Crippen LogP contribution in [0.3, 0.4) is 0 Å². The Morgan fingerprint density at radius 1 is 1.17 bits per heavy atom. The van der Waals surface area contributed by atoms with Crippen LogP contribution in [0, 0.1) is 11.3 Å². The average Bonchev–Trinajstić information content (AvgIpc) is 2.61. The summed E-state index contributed by atoms with van der Waals surface area (Å²) in [7, 11) is 1.30. The molecule has 122 valence electrons. The van der Waals surface area contributed by atoms with Crippen molar-refractivity contribution in [3.05, 3.63) is 63.6 Å². The van der Waals surface area contributed by atoms with Gasteiger partial charge in [-0.25, -0.2) is 4.79 Å². The van der Waals surface area contributed by atoms with Gasteiger partial charge in [0.05, 0.1) is 28.8 Å². The number of esters is 1. The molecule has 0 atom stereocenters. The number of rotatable bonds is 5. The van der Waals surface area contributed by atoms with E-state index >= 15 is 0 Å². The highest BCUT2D eigenvalue weighted by Crippen LogP contribution is 2.27. The van der Waals surface area contributed by atoms with E-state index in [-0.39, 0.29) is 6.61 Å². The van der Waals surface area contributed by atoms with Crippen LogP contribution in [-0.2, 0) is 9.53 Å². The van der Waals surface area contributed by atoms with Crippen LogP contribution in [-0.4, -0.2) is 19.7 Å². The van der Waals surface area contributed by atoms with Gasteiger partial charge < -0.3 is 9.47 Å². The monoisotopic (exact) mass is 361 g/mol. The second kappa shape index (κ2) is 8.39. The molecule has 0 amide bonds. The summed E-state index contributed by atoms with van der Waals surface area (Å²) < 4.78 is 9.77. The number of carbonyl (C=O) groups excluding carboxylic acids is 1. The fourth-order valence-electron chi connectivity index (χ4n) is 1.87. The highest BCUT2D eigenvalue weighted by molar-refractivity contribution is 6.42. The van der Waals surface area contributed by atoms with Gasteiger partial charge in [0.25, 0.3) is 0 Å². The van der Waals surface area contributed by atoms with Gasteiger partial charge >= 0.3 is 5.97 Å². The molecule has 2 rings (SSSR count). The maximum Gasteiger partial charge on any atom is 0.343 e. The number of benzene rings is 2. The molecule has 0 saturated heterocycles. The van der Waals surface area contributed by atoms with Crippen molar-refractivity contribution in [2.24, 2.45) is 0 Å². The number of hydrogen-bond acceptors (Lipinski definition) is 4. The standard InChI is InChI=1S/C18H13Cl2NO3/c1-23-18(22)11-24-15-5-2-12(3-6-15)8-14(10-21)13-4-7-16(19)17(20)9-13/h2-9H,11H2,1H3/b14-8-. The Hall–Kier alpha value is -2.48. The number of nitrogens with zero attached hydrogens (tertiary/aromatic N) is 1. The lowest BCUT2D eigenvalue weighted by Crippen LogP contribution is -2.12. The summed E-state index contributed by atoms with van der Waals surface area (Å²) in [4.78, 5) is 11.0. The van der Waals surface area contributed by atoms with E-state index in [1.54, 1.807) is 48.5 Å². The van der Waals surface area contributed by atoms with Gasteiger partial charge in [0.15, 0.2) is 6.61 Å². The Labute approximate surface area is 149 Å². The molecule has 0 heterocycles. The molecule has 0 aromatic heterocycles. The zero-order chi connectivity index (χ0) is 17.5. The van der Waals surface area contributed by atoms with Gasteiger partial charge in [-0.3, -0.25) is 0 Å². The van der Waals surface area contributed by atoms with Crippen LogP contribution in [0.2, 0.25) is 10.0 Å². The number of nitriles is 1. The number of allylic oxidation sites excluding steroid dienone is 1. The third-order valence-electron chi connectivity index (χ3n) is 3.13. The first-order valence-corrected chi connectivity index (χ1v) is 7.66. The SMILES string of the molecule is COC(=O)COc1ccc(/C=C(/C#N)c2ccc(Cl)c(Cl)c2)cc1. The van der Waals surface area contributed by atoms with Crippen LogP contribution in [0.5, 0.6) is 5.75 Å². The Morgan fingerprint density at radius 3 is 2.46 bits per heavy atom. The van der Waals surface area contributed by atoms with Crippen LogP contribution in [0.15, 0.2) is 42.5 Å². The molecular formula is C18H13Cl2NO3. The maximum absolute atomic E-state index is 11.0. The van der Waals surface area contributed by atoms with Gasteiger partial charge in [-0.2, -0.15) is 5.26 Å². The van der Waals surface area contributed by atoms with Crippen LogP contribution >= 0.6 is 23.2 Å². The molecule has 2 aromatic carbocycles. The predicted octanol–water partition coefficient (Wildman–Crippen LogP) is 4.61. The quantitative estimate of drug-likeness (QED) is 0.443. The summed E-state index contributed by atoms with van der Waals surface area (Å²) in [5, 5.41) is 10.2. The predicted molar refractivity (Wildman–Crippen MR) is 93.9 cm³/mol. The third kappa shape index (κ3) is 4.76. The Bertz CT molecular complexity index is 808. The van der Waals surface area contributed by atoms with Crippen molar-refractivity contribution in [3.63, 3.8) is 0 Å². The van der Waals surface area contributed by atoms with Crippen molar-refractivity contribution in [3.8, 4) is 11.8 Å². The lowest BCUT2D eigenvalue weighted by Gasteiger charge is -2.05. The minimum absolute atomic E-state index is 0.154. The smallest absolute Gasteiger partial charge is 0.343 e. The van der Waals surface area contributed by atoms with E-state index in [1.165, 1.54) is 7.11 Å². The van der Waals surface area contributed by atoms with Crippen LogP contribution in [0.25, 0.3) is 11.6 Å². The van der Waals surface area contributed by atoms with Crippen molar-refractivity contribution in [1.29, 1.82) is 5.26 Å². The fraction of sp³-hybridized carbons (Fsp3) is 0.111. The molecule has 0 saturated carbocycles. The molecule has 0 aliphatic rings. The van der Waals surface area contributed by atoms with Gasteiger partial charge in [0, 0.05) is 0 Å². The molecular weight excluding hydrogens is 349 g/mol. The molecule has 0 aliphatic carbocycles. The van der Waals surface area contributed by atoms with Crippen LogP contribution in [0.4, 0.5) is 0 Å². The molecule has 0 N–H and O–H groups in total. The average molecular weight is 362 g/mol. The molecule has 0 spiro atoms. The van der Waals surface area contributed by atoms with Gasteiger partial charge in [0.2, 0.25) is 0 Å². The molecule has 6 heteroatoms. The number of ether oxygens (including phenoxy) is 2. The highest BCUT2D eigenvalue weighted by atomic mass is 35.5. The summed E-state index contributed by atoms with van der Waals surface area (Å²) in [5.74, 6) is 0.0796. The minimum atomic E-state index is -0.453. The van der Waals surface area contributed by atoms with Crippen molar-refractivity contribution >= 4 is 40.8 Å². The van der Waals surface area contributed by atoms with Crippen molar-refractivity contribution in [2.75, 3.05) is 13.7 Å². The Kier molecular flexibility index (Phi) is 6.25. The van der Waals surface area contributed by atoms with Gasteiger partial charge in [-0.1, -0.05) is 41.4 Å². The second-order valence-corrected chi connectivity index (χ2v) is 5.55. The summed E-state index contributed by atoms with van der Waals surface area (Å²) in [5.41, 5.74) is 1.94. The first-order chi connectivity index (χ1) is 11.5. The minimum Gasteiger partial charge on any atom is -0.482 e. The highest BCUT2D eigenvalue weighted by Gasteiger charge is 2.05. The van der Waals surface area contributed by atoms with Crippen molar-refractivity contribution in [1.82, 2.24) is 0 Å². The second-order valence-electron chi connectivity index (χ2n) is 4.73. The molecule has 0 bridgehead atoms. The van der Waals surface area contributed by atoms with Crippen LogP contribution < -0.4 is 4.74 Å². The normalized spacial score (nSPS) is 10.8. The zero-order valence-corrected chi connectivity index (χ0v) is 14.3. The lowest BCUT2D eigenvalue weighted by atomic mass is 10.0. The van der Waals surface area contributed by atoms with Gasteiger partial charge in [0.1, 0.15) is 5.75 Å². The van der Waals surface area contributed by atoms with E-state index < -0.39 is 5.97 Å². The molecule has 0 unspecified atom stereocenters. The summed E-state index contributed by atoms with van der Waals surface area (Å²) in [6, 6.07) is 14.1. The third-order valence-corrected chi connectivity index (χ3v) is 3.87. The zero-order valence-electron chi connectivity index (χ0n) is 12.8. The largest absolute Gasteiger partial charge is 0.482 e. The van der Waals surface area contributed by atoms with Gasteiger partial charge in [-0.15, -0.1) is 0 Å². The molecule has 2 aromatic rings. The van der Waals surface area contributed by atoms with Crippen molar-refractivity contribution in [2.45, 2.75) is 0 Å².